The van der Waals surface area contributed by atoms with E-state index in [1.54, 1.807) is 20.8 Å². The molecule has 0 aromatic rings. The van der Waals surface area contributed by atoms with Crippen molar-refractivity contribution in [2.45, 2.75) is 96.1 Å². The van der Waals surface area contributed by atoms with E-state index in [4.69, 9.17) is 14.2 Å². The number of aliphatic hydroxyl groups excluding tert-OH is 3. The van der Waals surface area contributed by atoms with Crippen LogP contribution in [0.4, 0.5) is 0 Å². The number of rotatable bonds is 2. The molecule has 0 aromatic carbocycles. The fourth-order valence-corrected chi connectivity index (χ4v) is 7.09. The quantitative estimate of drug-likeness (QED) is 0.306. The van der Waals surface area contributed by atoms with Crippen LogP contribution in [0.1, 0.15) is 54.4 Å². The van der Waals surface area contributed by atoms with E-state index in [1.165, 1.54) is 20.8 Å². The van der Waals surface area contributed by atoms with Gasteiger partial charge in [-0.15, -0.1) is 0 Å². The molecule has 1 saturated heterocycles. The lowest BCUT2D eigenvalue weighted by atomic mass is 9.45. The molecule has 190 valence electrons. The molecule has 0 aromatic heterocycles. The monoisotopic (exact) mass is 482 g/mol. The topological polar surface area (TPSA) is 160 Å². The van der Waals surface area contributed by atoms with Crippen molar-refractivity contribution < 1.29 is 49.0 Å². The normalized spacial score (nSPS) is 47.4. The van der Waals surface area contributed by atoms with Crippen molar-refractivity contribution in [1.82, 2.24) is 0 Å². The van der Waals surface area contributed by atoms with Crippen molar-refractivity contribution in [3.05, 3.63) is 11.1 Å². The van der Waals surface area contributed by atoms with Gasteiger partial charge in [0.25, 0.3) is 0 Å². The minimum Gasteiger partial charge on any atom is -0.458 e. The van der Waals surface area contributed by atoms with Crippen LogP contribution < -0.4 is 0 Å². The maximum atomic E-state index is 14.0. The smallest absolute Gasteiger partial charge is 0.303 e. The fourth-order valence-electron chi connectivity index (χ4n) is 7.09. The molecule has 0 radical (unpaired) electrons. The zero-order valence-electron chi connectivity index (χ0n) is 20.3. The van der Waals surface area contributed by atoms with Crippen LogP contribution in [-0.2, 0) is 28.6 Å². The van der Waals surface area contributed by atoms with Gasteiger partial charge in [0, 0.05) is 38.0 Å². The van der Waals surface area contributed by atoms with Gasteiger partial charge < -0.3 is 34.6 Å². The third-order valence-corrected chi connectivity index (χ3v) is 9.02. The Kier molecular flexibility index (Phi) is 5.62. The highest BCUT2D eigenvalue weighted by Gasteiger charge is 2.76. The maximum Gasteiger partial charge on any atom is 0.303 e. The number of ether oxygens (including phenoxy) is 3. The lowest BCUT2D eigenvalue weighted by Crippen LogP contribution is -2.81. The summed E-state index contributed by atoms with van der Waals surface area (Å²) in [7, 11) is 0. The second-order valence-electron chi connectivity index (χ2n) is 11.0. The van der Waals surface area contributed by atoms with E-state index in [1.807, 2.05) is 0 Å². The number of carbonyl (C=O) groups is 3. The van der Waals surface area contributed by atoms with E-state index in [9.17, 15) is 34.8 Å². The number of aliphatic hydroxyl groups is 4. The predicted octanol–water partition coefficient (Wildman–Crippen LogP) is -0.212. The van der Waals surface area contributed by atoms with Crippen molar-refractivity contribution >= 4 is 17.7 Å². The third-order valence-electron chi connectivity index (χ3n) is 9.02. The molecule has 2 bridgehead atoms. The average Bonchev–Trinajstić information content (AvgIpc) is 2.71. The third kappa shape index (κ3) is 2.95. The van der Waals surface area contributed by atoms with Gasteiger partial charge in [0.05, 0.1) is 24.2 Å². The molecule has 1 aliphatic heterocycles. The second kappa shape index (κ2) is 7.57. The Bertz CT molecular complexity index is 971. The van der Waals surface area contributed by atoms with E-state index >= 15 is 0 Å². The summed E-state index contributed by atoms with van der Waals surface area (Å²) < 4.78 is 16.7. The van der Waals surface area contributed by atoms with Gasteiger partial charge in [-0.25, -0.2) is 0 Å². The van der Waals surface area contributed by atoms with Crippen molar-refractivity contribution in [2.24, 2.45) is 16.7 Å². The number of fused-ring (bicyclic) bond motifs is 5. The molecule has 1 heterocycles. The van der Waals surface area contributed by atoms with Crippen LogP contribution in [0, 0.1) is 16.7 Å². The molecule has 10 heteroatoms. The van der Waals surface area contributed by atoms with E-state index in [0.29, 0.717) is 5.57 Å². The molecule has 0 amide bonds. The number of Topliss-reactive ketones (excluding diaryl/α,β-unsaturated/α-hetero) is 1. The fraction of sp³-hybridized carbons (Fsp3) is 0.792. The lowest BCUT2D eigenvalue weighted by molar-refractivity contribution is -0.346. The Morgan fingerprint density at radius 2 is 1.71 bits per heavy atom. The first-order valence-corrected chi connectivity index (χ1v) is 11.6. The van der Waals surface area contributed by atoms with Crippen LogP contribution in [0.15, 0.2) is 11.1 Å². The van der Waals surface area contributed by atoms with Crippen molar-refractivity contribution in [1.29, 1.82) is 0 Å². The Hall–Kier alpha value is -1.85. The predicted molar refractivity (Wildman–Crippen MR) is 115 cm³/mol. The van der Waals surface area contributed by atoms with Gasteiger partial charge >= 0.3 is 11.9 Å². The standard InChI is InChI=1S/C24H34O10/c1-10-13(33-11(2)25)8-24(31)20(30)18-22(6,19(29)17(28)16(10)21(24,4)5)14(27)7-15-23(18,9-32-15)34-12(3)26/h13-15,17-18,20,27-28,30-31H,7-9H2,1-6H3/t13-,14-,15?,17+,18?,20-,22+,23-,24+/m0/s1. The summed E-state index contributed by atoms with van der Waals surface area (Å²) in [5.74, 6) is -3.37. The lowest BCUT2D eigenvalue weighted by Gasteiger charge is -2.67. The minimum absolute atomic E-state index is 0.0542. The molecule has 4 N–H and O–H groups in total. The van der Waals surface area contributed by atoms with E-state index in [2.05, 4.69) is 0 Å². The van der Waals surface area contributed by atoms with Crippen molar-refractivity contribution in [2.75, 3.05) is 6.61 Å². The first-order chi connectivity index (χ1) is 15.6. The number of ketones is 1. The molecule has 2 unspecified atom stereocenters. The summed E-state index contributed by atoms with van der Waals surface area (Å²) in [5, 5.41) is 46.7. The summed E-state index contributed by atoms with van der Waals surface area (Å²) >= 11 is 0. The first kappa shape index (κ1) is 25.2. The van der Waals surface area contributed by atoms with Crippen LogP contribution in [0.2, 0.25) is 0 Å². The van der Waals surface area contributed by atoms with Gasteiger partial charge in [-0.1, -0.05) is 13.8 Å². The molecule has 3 aliphatic carbocycles. The molecule has 34 heavy (non-hydrogen) atoms. The summed E-state index contributed by atoms with van der Waals surface area (Å²) in [6.07, 6.45) is -6.91. The summed E-state index contributed by atoms with van der Waals surface area (Å²) in [4.78, 5) is 37.9. The van der Waals surface area contributed by atoms with Gasteiger partial charge in [0.1, 0.15) is 23.9 Å². The molecule has 0 spiro atoms. The van der Waals surface area contributed by atoms with Crippen LogP contribution in [0.3, 0.4) is 0 Å². The average molecular weight is 483 g/mol. The highest BCUT2D eigenvalue weighted by Crippen LogP contribution is 2.63. The SMILES string of the molecule is CC(=O)O[C@H]1C[C@@]2(O)[C@@H](O)C3[C@]4(OC(C)=O)COC4C[C@H](O)[C@@]3(C)C(=O)[C@H](O)C(=C1C)C2(C)C. The Balaban J connectivity index is 2.00. The van der Waals surface area contributed by atoms with E-state index in [0.717, 1.165) is 0 Å². The summed E-state index contributed by atoms with van der Waals surface area (Å²) in [6.45, 7) is 8.50. The number of carbonyl (C=O) groups excluding carboxylic acids is 3. The zero-order chi connectivity index (χ0) is 25.6. The highest BCUT2D eigenvalue weighted by molar-refractivity contribution is 5.93. The molecule has 3 fully saturated rings. The van der Waals surface area contributed by atoms with E-state index in [-0.39, 0.29) is 25.0 Å². The van der Waals surface area contributed by atoms with Crippen molar-refractivity contribution in [3.8, 4) is 0 Å². The summed E-state index contributed by atoms with van der Waals surface area (Å²) in [6, 6.07) is 0. The van der Waals surface area contributed by atoms with Gasteiger partial charge in [-0.3, -0.25) is 14.4 Å². The number of esters is 2. The Morgan fingerprint density at radius 3 is 2.21 bits per heavy atom. The van der Waals surface area contributed by atoms with Gasteiger partial charge in [-0.2, -0.15) is 0 Å². The van der Waals surface area contributed by atoms with Gasteiger partial charge in [0.15, 0.2) is 11.4 Å². The molecular formula is C24H34O10. The first-order valence-electron chi connectivity index (χ1n) is 11.6. The summed E-state index contributed by atoms with van der Waals surface area (Å²) in [5.41, 5.74) is -6.10. The number of hydrogen-bond donors (Lipinski definition) is 4. The Labute approximate surface area is 197 Å². The molecule has 4 aliphatic rings. The zero-order valence-corrected chi connectivity index (χ0v) is 20.3. The molecule has 9 atom stereocenters. The molecule has 10 nitrogen and oxygen atoms in total. The minimum atomic E-state index is -2.03. The van der Waals surface area contributed by atoms with E-state index < -0.39 is 76.2 Å². The molecular weight excluding hydrogens is 448 g/mol. The number of hydrogen-bond acceptors (Lipinski definition) is 10. The van der Waals surface area contributed by atoms with Crippen LogP contribution >= 0.6 is 0 Å². The molecule has 4 rings (SSSR count). The van der Waals surface area contributed by atoms with Gasteiger partial charge in [-0.05, 0) is 25.0 Å². The Morgan fingerprint density at radius 1 is 1.09 bits per heavy atom. The maximum absolute atomic E-state index is 14.0. The van der Waals surface area contributed by atoms with Crippen LogP contribution in [-0.4, -0.2) is 86.5 Å². The van der Waals surface area contributed by atoms with Crippen molar-refractivity contribution in [3.63, 3.8) is 0 Å². The second-order valence-corrected chi connectivity index (χ2v) is 11.0. The van der Waals surface area contributed by atoms with Gasteiger partial charge in [0.2, 0.25) is 0 Å². The molecule has 2 saturated carbocycles. The highest BCUT2D eigenvalue weighted by atomic mass is 16.6. The largest absolute Gasteiger partial charge is 0.458 e. The van der Waals surface area contributed by atoms with Crippen LogP contribution in [0.5, 0.6) is 0 Å². The van der Waals surface area contributed by atoms with Crippen LogP contribution in [0.25, 0.3) is 0 Å².